The molecular formula is C29H39N. The Hall–Kier alpha value is -1.86. The largest absolute Gasteiger partial charge is 0.319 e. The molecule has 0 heterocycles. The van der Waals surface area contributed by atoms with Crippen molar-refractivity contribution in [2.45, 2.75) is 63.7 Å². The third-order valence-electron chi connectivity index (χ3n) is 7.99. The third-order valence-corrected chi connectivity index (χ3v) is 7.99. The van der Waals surface area contributed by atoms with Crippen molar-refractivity contribution in [1.29, 1.82) is 0 Å². The average molecular weight is 402 g/mol. The molecule has 2 saturated carbocycles. The first-order valence-corrected chi connectivity index (χ1v) is 12.2. The van der Waals surface area contributed by atoms with Crippen LogP contribution in [0.3, 0.4) is 0 Å². The molecule has 1 nitrogen and oxygen atoms in total. The molecular weight excluding hydrogens is 362 g/mol. The molecule has 30 heavy (non-hydrogen) atoms. The van der Waals surface area contributed by atoms with Crippen molar-refractivity contribution in [3.63, 3.8) is 0 Å². The van der Waals surface area contributed by atoms with Crippen molar-refractivity contribution in [3.05, 3.63) is 72.3 Å². The fraction of sp³-hybridized carbons (Fsp3) is 0.517. The number of hydrogen-bond donors (Lipinski definition) is 1. The normalized spacial score (nSPS) is 25.5. The molecule has 160 valence electrons. The van der Waals surface area contributed by atoms with Crippen LogP contribution in [-0.2, 0) is 5.41 Å². The van der Waals surface area contributed by atoms with Crippen LogP contribution in [0.15, 0.2) is 61.2 Å². The molecule has 0 bridgehead atoms. The van der Waals surface area contributed by atoms with Crippen LogP contribution in [0.1, 0.15) is 69.4 Å². The van der Waals surface area contributed by atoms with Gasteiger partial charge in [0.2, 0.25) is 0 Å². The highest BCUT2D eigenvalue weighted by Crippen LogP contribution is 2.51. The van der Waals surface area contributed by atoms with E-state index in [0.29, 0.717) is 0 Å². The minimum absolute atomic E-state index is 0.0158. The summed E-state index contributed by atoms with van der Waals surface area (Å²) in [5.74, 6) is 3.23. The molecule has 2 aromatic rings. The Morgan fingerprint density at radius 3 is 2.17 bits per heavy atom. The topological polar surface area (TPSA) is 12.0 Å². The second kappa shape index (κ2) is 9.52. The summed E-state index contributed by atoms with van der Waals surface area (Å²) in [4.78, 5) is 0. The SMILES string of the molecule is C=CC1(CCC)c2ccccc2-c2ccccc21.CNCC1CCC2CCCC2C1. The molecule has 3 aliphatic rings. The molecule has 0 spiro atoms. The second-order valence-corrected chi connectivity index (χ2v) is 9.70. The highest BCUT2D eigenvalue weighted by Gasteiger charge is 2.39. The van der Waals surface area contributed by atoms with E-state index < -0.39 is 0 Å². The molecule has 0 radical (unpaired) electrons. The Morgan fingerprint density at radius 1 is 0.933 bits per heavy atom. The summed E-state index contributed by atoms with van der Waals surface area (Å²) in [6, 6.07) is 17.5. The van der Waals surface area contributed by atoms with Gasteiger partial charge >= 0.3 is 0 Å². The van der Waals surface area contributed by atoms with E-state index in [4.69, 9.17) is 0 Å². The number of hydrogen-bond acceptors (Lipinski definition) is 1. The predicted molar refractivity (Wildman–Crippen MR) is 130 cm³/mol. The zero-order valence-corrected chi connectivity index (χ0v) is 19.0. The zero-order chi connectivity index (χ0) is 21.0. The molecule has 5 rings (SSSR count). The van der Waals surface area contributed by atoms with Gasteiger partial charge in [0.1, 0.15) is 0 Å². The first-order chi connectivity index (χ1) is 14.7. The van der Waals surface area contributed by atoms with Gasteiger partial charge < -0.3 is 5.32 Å². The zero-order valence-electron chi connectivity index (χ0n) is 19.0. The van der Waals surface area contributed by atoms with Crippen molar-refractivity contribution < 1.29 is 0 Å². The summed E-state index contributed by atoms with van der Waals surface area (Å²) in [6.45, 7) is 7.63. The Balaban J connectivity index is 0.000000158. The van der Waals surface area contributed by atoms with Gasteiger partial charge in [-0.1, -0.05) is 87.2 Å². The number of rotatable bonds is 5. The first-order valence-electron chi connectivity index (χ1n) is 12.2. The Labute approximate surface area is 184 Å². The molecule has 0 aromatic heterocycles. The lowest BCUT2D eigenvalue weighted by Crippen LogP contribution is -2.27. The minimum Gasteiger partial charge on any atom is -0.319 e. The van der Waals surface area contributed by atoms with Crippen LogP contribution >= 0.6 is 0 Å². The van der Waals surface area contributed by atoms with Gasteiger partial charge in [0.15, 0.2) is 0 Å². The van der Waals surface area contributed by atoms with E-state index in [-0.39, 0.29) is 5.41 Å². The highest BCUT2D eigenvalue weighted by molar-refractivity contribution is 5.82. The van der Waals surface area contributed by atoms with Gasteiger partial charge in [-0.25, -0.2) is 0 Å². The van der Waals surface area contributed by atoms with Crippen LogP contribution in [0.25, 0.3) is 11.1 Å². The fourth-order valence-electron chi connectivity index (χ4n) is 6.62. The van der Waals surface area contributed by atoms with Crippen LogP contribution in [0, 0.1) is 17.8 Å². The average Bonchev–Trinajstić information content (AvgIpc) is 3.36. The van der Waals surface area contributed by atoms with Crippen molar-refractivity contribution in [1.82, 2.24) is 5.32 Å². The van der Waals surface area contributed by atoms with Gasteiger partial charge in [-0.3, -0.25) is 0 Å². The van der Waals surface area contributed by atoms with Gasteiger partial charge in [-0.15, -0.1) is 6.58 Å². The summed E-state index contributed by atoms with van der Waals surface area (Å²) in [7, 11) is 2.08. The van der Waals surface area contributed by atoms with Crippen LogP contribution in [0.4, 0.5) is 0 Å². The van der Waals surface area contributed by atoms with E-state index in [1.807, 2.05) is 0 Å². The van der Waals surface area contributed by atoms with Crippen LogP contribution < -0.4 is 5.32 Å². The summed E-state index contributed by atoms with van der Waals surface area (Å²) < 4.78 is 0. The van der Waals surface area contributed by atoms with Gasteiger partial charge in [0.05, 0.1) is 0 Å². The van der Waals surface area contributed by atoms with Crippen LogP contribution in [-0.4, -0.2) is 13.6 Å². The van der Waals surface area contributed by atoms with Gasteiger partial charge in [-0.2, -0.15) is 0 Å². The third kappa shape index (κ3) is 3.89. The minimum atomic E-state index is 0.0158. The van der Waals surface area contributed by atoms with Crippen molar-refractivity contribution in [3.8, 4) is 11.1 Å². The van der Waals surface area contributed by atoms with Crippen molar-refractivity contribution in [2.75, 3.05) is 13.6 Å². The number of fused-ring (bicyclic) bond motifs is 4. The summed E-state index contributed by atoms with van der Waals surface area (Å²) in [5, 5.41) is 3.32. The maximum absolute atomic E-state index is 4.13. The fourth-order valence-corrected chi connectivity index (χ4v) is 6.62. The van der Waals surface area contributed by atoms with E-state index in [2.05, 4.69) is 80.5 Å². The lowest BCUT2D eigenvalue weighted by molar-refractivity contribution is 0.207. The molecule has 2 aromatic carbocycles. The molecule has 3 atom stereocenters. The lowest BCUT2D eigenvalue weighted by Gasteiger charge is -2.31. The first kappa shape index (κ1) is 21.4. The van der Waals surface area contributed by atoms with Gasteiger partial charge in [0.25, 0.3) is 0 Å². The predicted octanol–water partition coefficient (Wildman–Crippen LogP) is 7.36. The molecule has 3 unspecified atom stereocenters. The standard InChI is InChI=1S/C18H18.C11H21N/c1-3-13-18(4-2)16-11-7-5-9-14(16)15-10-6-8-12-17(15)18;1-12-8-9-5-6-10-3-2-4-11(10)7-9/h4-12H,2-3,13H2,1H3;9-12H,2-8H2,1H3. The van der Waals surface area contributed by atoms with Crippen molar-refractivity contribution >= 4 is 0 Å². The number of benzene rings is 2. The second-order valence-electron chi connectivity index (χ2n) is 9.70. The lowest BCUT2D eigenvalue weighted by atomic mass is 9.75. The van der Waals surface area contributed by atoms with Crippen LogP contribution in [0.2, 0.25) is 0 Å². The highest BCUT2D eigenvalue weighted by atomic mass is 14.8. The monoisotopic (exact) mass is 401 g/mol. The molecule has 1 N–H and O–H groups in total. The van der Waals surface area contributed by atoms with E-state index in [0.717, 1.165) is 30.6 Å². The molecule has 3 aliphatic carbocycles. The van der Waals surface area contributed by atoms with E-state index in [1.165, 1.54) is 67.3 Å². The van der Waals surface area contributed by atoms with Crippen LogP contribution in [0.5, 0.6) is 0 Å². The summed E-state index contributed by atoms with van der Waals surface area (Å²) in [5.41, 5.74) is 5.61. The van der Waals surface area contributed by atoms with Gasteiger partial charge in [0, 0.05) is 5.41 Å². The smallest absolute Gasteiger partial charge is 0.0391 e. The molecule has 0 aliphatic heterocycles. The Bertz CT molecular complexity index is 805. The maximum atomic E-state index is 4.13. The Kier molecular flexibility index (Phi) is 6.78. The number of allylic oxidation sites excluding steroid dienone is 1. The van der Waals surface area contributed by atoms with E-state index in [1.54, 1.807) is 0 Å². The van der Waals surface area contributed by atoms with Gasteiger partial charge in [-0.05, 0) is 79.3 Å². The quantitative estimate of drug-likeness (QED) is 0.516. The summed E-state index contributed by atoms with van der Waals surface area (Å²) in [6.07, 6.45) is 13.5. The van der Waals surface area contributed by atoms with E-state index >= 15 is 0 Å². The Morgan fingerprint density at radius 2 is 1.57 bits per heavy atom. The molecule has 2 fully saturated rings. The molecule has 1 heteroatoms. The summed E-state index contributed by atoms with van der Waals surface area (Å²) >= 11 is 0. The number of nitrogens with one attached hydrogen (secondary N) is 1. The molecule has 0 amide bonds. The van der Waals surface area contributed by atoms with Crippen molar-refractivity contribution in [2.24, 2.45) is 17.8 Å². The molecule has 0 saturated heterocycles. The van der Waals surface area contributed by atoms with E-state index in [9.17, 15) is 0 Å². The maximum Gasteiger partial charge on any atom is 0.0391 e.